The Bertz CT molecular complexity index is 1580. The summed E-state index contributed by atoms with van der Waals surface area (Å²) >= 11 is 8.16. The predicted molar refractivity (Wildman–Crippen MR) is 126 cm³/mol. The summed E-state index contributed by atoms with van der Waals surface area (Å²) in [7, 11) is 0. The number of nitrogens with two attached hydrogens (primary N) is 1. The number of hydrogen-bond acceptors (Lipinski definition) is 4. The molecule has 2 heterocycles. The van der Waals surface area contributed by atoms with Crippen molar-refractivity contribution >= 4 is 72.9 Å². The first-order valence-corrected chi connectivity index (χ1v) is 11.0. The summed E-state index contributed by atoms with van der Waals surface area (Å²) in [6, 6.07) is 24.1. The number of benzene rings is 4. The fourth-order valence-electron chi connectivity index (χ4n) is 4.12. The first-order valence-electron chi connectivity index (χ1n) is 9.62. The van der Waals surface area contributed by atoms with Crippen LogP contribution in [0.5, 0.6) is 0 Å². The summed E-state index contributed by atoms with van der Waals surface area (Å²) in [5, 5.41) is 4.82. The number of halogens is 1. The lowest BCUT2D eigenvalue weighted by Gasteiger charge is -2.09. The van der Waals surface area contributed by atoms with E-state index < -0.39 is 0 Å². The third kappa shape index (κ3) is 2.61. The van der Waals surface area contributed by atoms with E-state index in [2.05, 4.69) is 12.1 Å². The van der Waals surface area contributed by atoms with Crippen LogP contribution in [0.1, 0.15) is 5.56 Å². The van der Waals surface area contributed by atoms with Crippen LogP contribution in [0.15, 0.2) is 86.5 Å². The molecule has 6 rings (SSSR count). The van der Waals surface area contributed by atoms with Gasteiger partial charge in [-0.3, -0.25) is 0 Å². The normalized spacial score (nSPS) is 11.9. The molecular formula is C25H16ClNO2S. The fraction of sp³-hybridized carbons (Fsp3) is 0.0400. The highest BCUT2D eigenvalue weighted by Gasteiger charge is 2.18. The van der Waals surface area contributed by atoms with E-state index in [0.717, 1.165) is 48.9 Å². The van der Waals surface area contributed by atoms with Crippen LogP contribution in [0, 0.1) is 0 Å². The van der Waals surface area contributed by atoms with E-state index in [1.54, 1.807) is 17.8 Å². The highest BCUT2D eigenvalue weighted by molar-refractivity contribution is 7.99. The second kappa shape index (κ2) is 6.73. The number of thioether (sulfide) groups is 1. The van der Waals surface area contributed by atoms with Crippen molar-refractivity contribution < 1.29 is 8.83 Å². The van der Waals surface area contributed by atoms with Crippen molar-refractivity contribution in [2.45, 2.75) is 10.6 Å². The molecule has 0 saturated carbocycles. The molecular weight excluding hydrogens is 414 g/mol. The van der Waals surface area contributed by atoms with Crippen LogP contribution in [-0.4, -0.2) is 0 Å². The second-order valence-electron chi connectivity index (χ2n) is 7.26. The van der Waals surface area contributed by atoms with Crippen molar-refractivity contribution in [3.05, 3.63) is 83.4 Å². The van der Waals surface area contributed by atoms with Crippen molar-refractivity contribution in [2.24, 2.45) is 0 Å². The zero-order valence-electron chi connectivity index (χ0n) is 15.8. The maximum Gasteiger partial charge on any atom is 0.155 e. The van der Waals surface area contributed by atoms with Gasteiger partial charge in [-0.15, -0.1) is 11.8 Å². The fourth-order valence-corrected chi connectivity index (χ4v) is 5.49. The molecule has 0 aliphatic carbocycles. The van der Waals surface area contributed by atoms with Gasteiger partial charge in [0.25, 0.3) is 0 Å². The molecule has 3 nitrogen and oxygen atoms in total. The average molecular weight is 430 g/mol. The lowest BCUT2D eigenvalue weighted by Crippen LogP contribution is -1.91. The topological polar surface area (TPSA) is 52.3 Å². The number of nitrogen functional groups attached to an aromatic ring is 1. The molecule has 5 heteroatoms. The first-order chi connectivity index (χ1) is 14.7. The van der Waals surface area contributed by atoms with Crippen LogP contribution >= 0.6 is 23.4 Å². The van der Waals surface area contributed by atoms with E-state index in [1.165, 1.54) is 5.56 Å². The minimum absolute atomic E-state index is 0.533. The van der Waals surface area contributed by atoms with Crippen molar-refractivity contribution in [1.29, 1.82) is 0 Å². The predicted octanol–water partition coefficient (Wildman–Crippen LogP) is 8.01. The van der Waals surface area contributed by atoms with E-state index in [4.69, 9.17) is 26.2 Å². The summed E-state index contributed by atoms with van der Waals surface area (Å²) < 4.78 is 12.1. The molecule has 30 heavy (non-hydrogen) atoms. The first kappa shape index (κ1) is 17.8. The molecule has 146 valence electrons. The molecule has 4 aromatic carbocycles. The van der Waals surface area contributed by atoms with Gasteiger partial charge in [-0.1, -0.05) is 60.1 Å². The molecule has 0 spiro atoms. The molecule has 0 aliphatic heterocycles. The number of fused-ring (bicyclic) bond motifs is 6. The molecule has 0 aliphatic rings. The monoisotopic (exact) mass is 429 g/mol. The van der Waals surface area contributed by atoms with E-state index in [-0.39, 0.29) is 0 Å². The molecule has 0 saturated heterocycles. The Kier molecular flexibility index (Phi) is 3.98. The highest BCUT2D eigenvalue weighted by Crippen LogP contribution is 2.44. The van der Waals surface area contributed by atoms with Crippen molar-refractivity contribution in [3.63, 3.8) is 0 Å². The van der Waals surface area contributed by atoms with Crippen LogP contribution in [0.4, 0.5) is 5.69 Å². The zero-order chi connectivity index (χ0) is 20.2. The maximum atomic E-state index is 6.46. The second-order valence-corrected chi connectivity index (χ2v) is 8.65. The van der Waals surface area contributed by atoms with E-state index >= 15 is 0 Å². The standard InChI is InChI=1S/C25H16ClNO2S/c26-17-12-18(27)25(23-16-8-2-4-10-20(16)29-24(17)23)30-13-14-6-5-11-21-22(14)15-7-1-3-9-19(15)28-21/h1-12H,13,27H2. The van der Waals surface area contributed by atoms with Crippen LogP contribution < -0.4 is 5.73 Å². The Morgan fingerprint density at radius 3 is 2.23 bits per heavy atom. The minimum Gasteiger partial charge on any atom is -0.456 e. The molecule has 6 aromatic rings. The van der Waals surface area contributed by atoms with E-state index in [9.17, 15) is 0 Å². The SMILES string of the molecule is Nc1cc(Cl)c2oc3ccccc3c2c1SCc1cccc2oc3ccccc3c12. The van der Waals surface area contributed by atoms with Gasteiger partial charge in [0.1, 0.15) is 16.7 Å². The van der Waals surface area contributed by atoms with Gasteiger partial charge in [-0.05, 0) is 29.8 Å². The van der Waals surface area contributed by atoms with Gasteiger partial charge in [-0.2, -0.15) is 0 Å². The summed E-state index contributed by atoms with van der Waals surface area (Å²) in [6.45, 7) is 0. The molecule has 2 N–H and O–H groups in total. The molecule has 0 amide bonds. The number of anilines is 1. The number of para-hydroxylation sites is 2. The van der Waals surface area contributed by atoms with E-state index in [0.29, 0.717) is 16.3 Å². The van der Waals surface area contributed by atoms with Gasteiger partial charge in [-0.25, -0.2) is 0 Å². The van der Waals surface area contributed by atoms with Crippen LogP contribution in [0.25, 0.3) is 43.9 Å². The van der Waals surface area contributed by atoms with Gasteiger partial charge < -0.3 is 14.6 Å². The Hall–Kier alpha value is -3.08. The molecule has 2 aromatic heterocycles. The Morgan fingerprint density at radius 2 is 1.43 bits per heavy atom. The van der Waals surface area contributed by atoms with Crippen LogP contribution in [0.2, 0.25) is 5.02 Å². The van der Waals surface area contributed by atoms with Gasteiger partial charge in [0.15, 0.2) is 5.58 Å². The molecule has 0 radical (unpaired) electrons. The number of furan rings is 2. The largest absolute Gasteiger partial charge is 0.456 e. The van der Waals surface area contributed by atoms with Gasteiger partial charge in [0.05, 0.1) is 5.02 Å². The van der Waals surface area contributed by atoms with Gasteiger partial charge in [0, 0.05) is 37.9 Å². The smallest absolute Gasteiger partial charge is 0.155 e. The summed E-state index contributed by atoms with van der Waals surface area (Å²) in [5.41, 5.74) is 11.6. The third-order valence-electron chi connectivity index (χ3n) is 5.44. The van der Waals surface area contributed by atoms with E-state index in [1.807, 2.05) is 54.6 Å². The Morgan fingerprint density at radius 1 is 0.767 bits per heavy atom. The van der Waals surface area contributed by atoms with Gasteiger partial charge >= 0.3 is 0 Å². The quantitative estimate of drug-likeness (QED) is 0.228. The summed E-state index contributed by atoms with van der Waals surface area (Å²) in [5.74, 6) is 0.751. The van der Waals surface area contributed by atoms with Crippen LogP contribution in [-0.2, 0) is 5.75 Å². The molecule has 0 bridgehead atoms. The minimum atomic E-state index is 0.533. The summed E-state index contributed by atoms with van der Waals surface area (Å²) in [4.78, 5) is 0.990. The third-order valence-corrected chi connectivity index (χ3v) is 6.91. The molecule has 0 unspecified atom stereocenters. The number of rotatable bonds is 3. The average Bonchev–Trinajstić information content (AvgIpc) is 3.33. The summed E-state index contributed by atoms with van der Waals surface area (Å²) in [6.07, 6.45) is 0. The van der Waals surface area contributed by atoms with Crippen molar-refractivity contribution in [3.8, 4) is 0 Å². The van der Waals surface area contributed by atoms with Gasteiger partial charge in [0.2, 0.25) is 0 Å². The highest BCUT2D eigenvalue weighted by atomic mass is 35.5. The zero-order valence-corrected chi connectivity index (χ0v) is 17.4. The Labute approximate surface area is 181 Å². The lowest BCUT2D eigenvalue weighted by atomic mass is 10.1. The molecule has 0 atom stereocenters. The Balaban J connectivity index is 1.51. The lowest BCUT2D eigenvalue weighted by molar-refractivity contribution is 0.668. The van der Waals surface area contributed by atoms with Crippen molar-refractivity contribution in [2.75, 3.05) is 5.73 Å². The van der Waals surface area contributed by atoms with Crippen molar-refractivity contribution in [1.82, 2.24) is 0 Å². The maximum absolute atomic E-state index is 6.46. The molecule has 0 fully saturated rings. The van der Waals surface area contributed by atoms with Crippen LogP contribution in [0.3, 0.4) is 0 Å². The number of hydrogen-bond donors (Lipinski definition) is 1.